The minimum absolute atomic E-state index is 0.478. The lowest BCUT2D eigenvalue weighted by Crippen LogP contribution is -2.13. The predicted molar refractivity (Wildman–Crippen MR) is 93.6 cm³/mol. The smallest absolute Gasteiger partial charge is 0.229 e. The fraction of sp³-hybridized carbons (Fsp3) is 0.125. The molecule has 0 aliphatic carbocycles. The summed E-state index contributed by atoms with van der Waals surface area (Å²) >= 11 is 12.2. The highest BCUT2D eigenvalue weighted by Crippen LogP contribution is 2.29. The van der Waals surface area contributed by atoms with Gasteiger partial charge in [0.25, 0.3) is 0 Å². The Kier molecular flexibility index (Phi) is 4.05. The number of nitrogens with zero attached hydrogens (tertiary/aromatic N) is 3. The third-order valence-corrected chi connectivity index (χ3v) is 3.75. The van der Waals surface area contributed by atoms with Crippen LogP contribution in [0.3, 0.4) is 0 Å². The van der Waals surface area contributed by atoms with Crippen LogP contribution in [0.2, 0.25) is 10.0 Å². The Hall–Kier alpha value is -2.04. The Morgan fingerprint density at radius 2 is 1.77 bits per heavy atom. The van der Waals surface area contributed by atoms with Crippen molar-refractivity contribution in [1.29, 1.82) is 0 Å². The van der Waals surface area contributed by atoms with Crippen molar-refractivity contribution in [2.45, 2.75) is 0 Å². The summed E-state index contributed by atoms with van der Waals surface area (Å²) in [6.45, 7) is 0. The molecule has 0 aliphatic rings. The van der Waals surface area contributed by atoms with Crippen LogP contribution in [-0.2, 0) is 0 Å². The summed E-state index contributed by atoms with van der Waals surface area (Å²) < 4.78 is 0. The summed E-state index contributed by atoms with van der Waals surface area (Å²) in [6, 6.07) is 13.1. The number of hydrogen-bond acceptors (Lipinski definition) is 4. The Bertz CT molecular complexity index is 833. The van der Waals surface area contributed by atoms with E-state index in [0.717, 1.165) is 16.7 Å². The van der Waals surface area contributed by atoms with E-state index in [9.17, 15) is 0 Å². The van der Waals surface area contributed by atoms with Crippen molar-refractivity contribution in [3.8, 4) is 0 Å². The molecule has 0 unspecified atom stereocenters. The number of rotatable bonds is 3. The summed E-state index contributed by atoms with van der Waals surface area (Å²) in [6.07, 6.45) is 0. The van der Waals surface area contributed by atoms with Gasteiger partial charge in [-0.3, -0.25) is 0 Å². The van der Waals surface area contributed by atoms with Gasteiger partial charge in [-0.1, -0.05) is 35.3 Å². The zero-order chi connectivity index (χ0) is 15.7. The first-order valence-corrected chi connectivity index (χ1v) is 7.46. The molecule has 2 aromatic carbocycles. The highest BCUT2D eigenvalue weighted by Gasteiger charge is 2.10. The summed E-state index contributed by atoms with van der Waals surface area (Å²) in [5, 5.41) is 5.29. The van der Waals surface area contributed by atoms with Crippen molar-refractivity contribution >= 4 is 51.6 Å². The first kappa shape index (κ1) is 14.9. The lowest BCUT2D eigenvalue weighted by molar-refractivity contribution is 1.06. The molecule has 1 heterocycles. The number of benzene rings is 2. The van der Waals surface area contributed by atoms with E-state index in [1.807, 2.05) is 43.3 Å². The van der Waals surface area contributed by atoms with Gasteiger partial charge in [0, 0.05) is 24.5 Å². The zero-order valence-corrected chi connectivity index (χ0v) is 13.7. The topological polar surface area (TPSA) is 41.1 Å². The standard InChI is InChI=1S/C16H14Cl2N4/c1-22(2)15-11-5-3-4-6-13(11)19-16(21-15)20-14-9-10(17)7-8-12(14)18/h3-9H,1-2H3,(H,19,20,21). The maximum atomic E-state index is 6.18. The predicted octanol–water partition coefficient (Wildman–Crippen LogP) is 4.75. The first-order valence-electron chi connectivity index (χ1n) is 6.71. The van der Waals surface area contributed by atoms with Crippen LogP contribution in [0, 0.1) is 0 Å². The van der Waals surface area contributed by atoms with E-state index in [1.165, 1.54) is 0 Å². The molecule has 0 atom stereocenters. The molecule has 3 aromatic rings. The van der Waals surface area contributed by atoms with Crippen molar-refractivity contribution in [2.75, 3.05) is 24.3 Å². The van der Waals surface area contributed by atoms with Crippen LogP contribution in [0.15, 0.2) is 42.5 Å². The lowest BCUT2D eigenvalue weighted by Gasteiger charge is -2.16. The lowest BCUT2D eigenvalue weighted by atomic mass is 10.2. The van der Waals surface area contributed by atoms with Gasteiger partial charge < -0.3 is 10.2 Å². The van der Waals surface area contributed by atoms with E-state index in [0.29, 0.717) is 21.7 Å². The Labute approximate surface area is 138 Å². The van der Waals surface area contributed by atoms with Gasteiger partial charge in [-0.2, -0.15) is 4.98 Å². The molecule has 1 N–H and O–H groups in total. The van der Waals surface area contributed by atoms with Crippen molar-refractivity contribution in [1.82, 2.24) is 9.97 Å². The van der Waals surface area contributed by atoms with E-state index in [4.69, 9.17) is 23.2 Å². The fourth-order valence-electron chi connectivity index (χ4n) is 2.17. The van der Waals surface area contributed by atoms with Gasteiger partial charge in [0.15, 0.2) is 0 Å². The second-order valence-electron chi connectivity index (χ2n) is 5.03. The van der Waals surface area contributed by atoms with Gasteiger partial charge in [0.05, 0.1) is 16.2 Å². The van der Waals surface area contributed by atoms with Gasteiger partial charge in [-0.25, -0.2) is 4.98 Å². The van der Waals surface area contributed by atoms with E-state index in [1.54, 1.807) is 18.2 Å². The van der Waals surface area contributed by atoms with Crippen LogP contribution in [0.4, 0.5) is 17.5 Å². The minimum Gasteiger partial charge on any atom is -0.362 e. The Morgan fingerprint density at radius 1 is 1.00 bits per heavy atom. The Morgan fingerprint density at radius 3 is 2.55 bits per heavy atom. The van der Waals surface area contributed by atoms with Crippen LogP contribution < -0.4 is 10.2 Å². The highest BCUT2D eigenvalue weighted by atomic mass is 35.5. The first-order chi connectivity index (χ1) is 10.5. The summed E-state index contributed by atoms with van der Waals surface area (Å²) in [7, 11) is 3.90. The van der Waals surface area contributed by atoms with E-state index in [2.05, 4.69) is 15.3 Å². The van der Waals surface area contributed by atoms with Crippen LogP contribution in [-0.4, -0.2) is 24.1 Å². The summed E-state index contributed by atoms with van der Waals surface area (Å²) in [5.41, 5.74) is 1.54. The molecule has 1 aromatic heterocycles. The van der Waals surface area contributed by atoms with E-state index < -0.39 is 0 Å². The van der Waals surface area contributed by atoms with Crippen LogP contribution in [0.5, 0.6) is 0 Å². The van der Waals surface area contributed by atoms with Gasteiger partial charge in [0.2, 0.25) is 5.95 Å². The maximum absolute atomic E-state index is 6.18. The second-order valence-corrected chi connectivity index (χ2v) is 5.88. The van der Waals surface area contributed by atoms with Crippen molar-refractivity contribution in [3.05, 3.63) is 52.5 Å². The molecule has 0 saturated heterocycles. The van der Waals surface area contributed by atoms with Crippen LogP contribution in [0.25, 0.3) is 10.9 Å². The minimum atomic E-state index is 0.478. The molecule has 3 rings (SSSR count). The summed E-state index contributed by atoms with van der Waals surface area (Å²) in [4.78, 5) is 11.1. The summed E-state index contributed by atoms with van der Waals surface area (Å²) in [5.74, 6) is 1.32. The van der Waals surface area contributed by atoms with Gasteiger partial charge in [-0.05, 0) is 30.3 Å². The molecule has 0 aliphatic heterocycles. The number of para-hydroxylation sites is 1. The molecule has 4 nitrogen and oxygen atoms in total. The normalized spacial score (nSPS) is 10.7. The molecular formula is C16H14Cl2N4. The molecule has 0 bridgehead atoms. The maximum Gasteiger partial charge on any atom is 0.229 e. The monoisotopic (exact) mass is 332 g/mol. The molecule has 0 radical (unpaired) electrons. The fourth-order valence-corrected chi connectivity index (χ4v) is 2.51. The van der Waals surface area contributed by atoms with Crippen molar-refractivity contribution in [2.24, 2.45) is 0 Å². The average Bonchev–Trinajstić information content (AvgIpc) is 2.50. The zero-order valence-electron chi connectivity index (χ0n) is 12.1. The number of anilines is 3. The van der Waals surface area contributed by atoms with E-state index in [-0.39, 0.29) is 0 Å². The number of nitrogens with one attached hydrogen (secondary N) is 1. The third-order valence-electron chi connectivity index (χ3n) is 3.18. The number of aromatic nitrogens is 2. The number of halogens is 2. The van der Waals surface area contributed by atoms with Crippen LogP contribution in [0.1, 0.15) is 0 Å². The highest BCUT2D eigenvalue weighted by molar-refractivity contribution is 6.35. The van der Waals surface area contributed by atoms with Crippen molar-refractivity contribution in [3.63, 3.8) is 0 Å². The van der Waals surface area contributed by atoms with Crippen molar-refractivity contribution < 1.29 is 0 Å². The van der Waals surface area contributed by atoms with Crippen LogP contribution >= 0.6 is 23.2 Å². The molecule has 0 saturated carbocycles. The van der Waals surface area contributed by atoms with Gasteiger partial charge in [0.1, 0.15) is 5.82 Å². The molecule has 6 heteroatoms. The Balaban J connectivity index is 2.09. The molecule has 22 heavy (non-hydrogen) atoms. The van der Waals surface area contributed by atoms with Gasteiger partial charge >= 0.3 is 0 Å². The molecule has 112 valence electrons. The molecular weight excluding hydrogens is 319 g/mol. The van der Waals surface area contributed by atoms with E-state index >= 15 is 0 Å². The second kappa shape index (κ2) is 5.99. The molecule has 0 spiro atoms. The number of hydrogen-bond donors (Lipinski definition) is 1. The molecule has 0 fully saturated rings. The van der Waals surface area contributed by atoms with Gasteiger partial charge in [-0.15, -0.1) is 0 Å². The SMILES string of the molecule is CN(C)c1nc(Nc2cc(Cl)ccc2Cl)nc2ccccc12. The largest absolute Gasteiger partial charge is 0.362 e. The average molecular weight is 333 g/mol. The third kappa shape index (κ3) is 2.93. The quantitative estimate of drug-likeness (QED) is 0.751. The number of fused-ring (bicyclic) bond motifs is 1. The molecule has 0 amide bonds.